The maximum Gasteiger partial charge on any atom is 0.0991 e. The molecule has 0 unspecified atom stereocenters. The number of aliphatic hydroxyl groups excluding tert-OH is 3. The molecule has 0 amide bonds. The largest absolute Gasteiger partial charge is 0.395 e. The van der Waals surface area contributed by atoms with Gasteiger partial charge in [0.2, 0.25) is 0 Å². The lowest BCUT2D eigenvalue weighted by molar-refractivity contribution is 0.0178. The minimum Gasteiger partial charge on any atom is -0.395 e. The molecule has 0 aliphatic carbocycles. The van der Waals surface area contributed by atoms with Crippen molar-refractivity contribution in [2.75, 3.05) is 6.61 Å². The van der Waals surface area contributed by atoms with Crippen molar-refractivity contribution in [3.63, 3.8) is 0 Å². The minimum absolute atomic E-state index is 0.187. The van der Waals surface area contributed by atoms with E-state index in [1.54, 1.807) is 12.4 Å². The standard InChI is InChI=1S/C19H24N2O3/c1-13-10-20-8-7-15(13)11-21-16(9-14-5-3-2-4-6-14)18(23)19(24)17(21)12-22/h2-8,10,16-19,22-24H,9,11-12H2,1H3/t16-,17+,18-,19+/m0/s1. The van der Waals surface area contributed by atoms with Crippen LogP contribution < -0.4 is 0 Å². The zero-order valence-electron chi connectivity index (χ0n) is 13.8. The highest BCUT2D eigenvalue weighted by molar-refractivity contribution is 5.23. The van der Waals surface area contributed by atoms with Gasteiger partial charge in [-0.3, -0.25) is 9.88 Å². The zero-order valence-corrected chi connectivity index (χ0v) is 13.8. The lowest BCUT2D eigenvalue weighted by Gasteiger charge is -2.30. The van der Waals surface area contributed by atoms with Crippen LogP contribution in [0.2, 0.25) is 0 Å². The van der Waals surface area contributed by atoms with Gasteiger partial charge >= 0.3 is 0 Å². The third-order valence-corrected chi connectivity index (χ3v) is 4.95. The molecule has 4 atom stereocenters. The summed E-state index contributed by atoms with van der Waals surface area (Å²) in [6, 6.07) is 11.1. The third-order valence-electron chi connectivity index (χ3n) is 4.95. The third kappa shape index (κ3) is 3.35. The van der Waals surface area contributed by atoms with Gasteiger partial charge in [-0.25, -0.2) is 0 Å². The Bertz CT molecular complexity index is 665. The normalized spacial score (nSPS) is 27.5. The van der Waals surface area contributed by atoms with Gasteiger partial charge in [0.1, 0.15) is 0 Å². The molecule has 1 aromatic carbocycles. The number of pyridine rings is 1. The molecule has 2 aromatic rings. The molecule has 1 aliphatic rings. The Labute approximate surface area is 142 Å². The van der Waals surface area contributed by atoms with E-state index in [2.05, 4.69) is 4.98 Å². The van der Waals surface area contributed by atoms with Gasteiger partial charge in [0.05, 0.1) is 24.9 Å². The number of benzene rings is 1. The van der Waals surface area contributed by atoms with Crippen LogP contribution in [0, 0.1) is 6.92 Å². The Morgan fingerprint density at radius 2 is 1.75 bits per heavy atom. The highest BCUT2D eigenvalue weighted by atomic mass is 16.3. The van der Waals surface area contributed by atoms with Crippen LogP contribution in [0.3, 0.4) is 0 Å². The van der Waals surface area contributed by atoms with Gasteiger partial charge in [0.25, 0.3) is 0 Å². The summed E-state index contributed by atoms with van der Waals surface area (Å²) in [5, 5.41) is 30.6. The number of aliphatic hydroxyl groups is 3. The Kier molecular flexibility index (Phi) is 5.26. The predicted molar refractivity (Wildman–Crippen MR) is 91.3 cm³/mol. The van der Waals surface area contributed by atoms with Crippen LogP contribution in [-0.2, 0) is 13.0 Å². The van der Waals surface area contributed by atoms with Crippen molar-refractivity contribution in [2.45, 2.75) is 44.2 Å². The summed E-state index contributed by atoms with van der Waals surface area (Å²) < 4.78 is 0. The number of hydrogen-bond acceptors (Lipinski definition) is 5. The quantitative estimate of drug-likeness (QED) is 0.760. The first-order valence-electron chi connectivity index (χ1n) is 8.28. The van der Waals surface area contributed by atoms with Crippen LogP contribution in [0.4, 0.5) is 0 Å². The van der Waals surface area contributed by atoms with E-state index >= 15 is 0 Å². The summed E-state index contributed by atoms with van der Waals surface area (Å²) in [6.07, 6.45) is 2.33. The first kappa shape index (κ1) is 17.0. The number of aromatic nitrogens is 1. The van der Waals surface area contributed by atoms with E-state index in [4.69, 9.17) is 0 Å². The van der Waals surface area contributed by atoms with E-state index in [1.165, 1.54) is 0 Å². The Balaban J connectivity index is 1.87. The highest BCUT2D eigenvalue weighted by Crippen LogP contribution is 2.30. The fourth-order valence-corrected chi connectivity index (χ4v) is 3.51. The molecule has 0 bridgehead atoms. The monoisotopic (exact) mass is 328 g/mol. The van der Waals surface area contributed by atoms with Crippen molar-refractivity contribution in [1.82, 2.24) is 9.88 Å². The van der Waals surface area contributed by atoms with Crippen LogP contribution in [0.1, 0.15) is 16.7 Å². The van der Waals surface area contributed by atoms with Crippen LogP contribution >= 0.6 is 0 Å². The smallest absolute Gasteiger partial charge is 0.0991 e. The van der Waals surface area contributed by atoms with Gasteiger partial charge in [-0.05, 0) is 36.1 Å². The summed E-state index contributed by atoms with van der Waals surface area (Å²) in [5.74, 6) is 0. The summed E-state index contributed by atoms with van der Waals surface area (Å²) in [7, 11) is 0. The first-order chi connectivity index (χ1) is 11.6. The van der Waals surface area contributed by atoms with Crippen molar-refractivity contribution < 1.29 is 15.3 Å². The second-order valence-electron chi connectivity index (χ2n) is 6.46. The molecule has 0 saturated carbocycles. The lowest BCUT2D eigenvalue weighted by Crippen LogP contribution is -2.41. The number of nitrogens with zero attached hydrogens (tertiary/aromatic N) is 2. The number of likely N-dealkylation sites (tertiary alicyclic amines) is 1. The second-order valence-corrected chi connectivity index (χ2v) is 6.46. The average Bonchev–Trinajstić information content (AvgIpc) is 2.82. The molecule has 1 aromatic heterocycles. The van der Waals surface area contributed by atoms with Crippen molar-refractivity contribution in [3.8, 4) is 0 Å². The molecule has 3 N–H and O–H groups in total. The molecule has 5 heteroatoms. The maximum atomic E-state index is 10.5. The van der Waals surface area contributed by atoms with E-state index in [-0.39, 0.29) is 12.6 Å². The van der Waals surface area contributed by atoms with E-state index in [1.807, 2.05) is 48.2 Å². The molecule has 0 radical (unpaired) electrons. The predicted octanol–water partition coefficient (Wildman–Crippen LogP) is 0.900. The molecule has 3 rings (SSSR count). The minimum atomic E-state index is -0.953. The molecule has 1 fully saturated rings. The molecular weight excluding hydrogens is 304 g/mol. The van der Waals surface area contributed by atoms with Crippen molar-refractivity contribution >= 4 is 0 Å². The van der Waals surface area contributed by atoms with Crippen molar-refractivity contribution in [3.05, 3.63) is 65.5 Å². The average molecular weight is 328 g/mol. The lowest BCUT2D eigenvalue weighted by atomic mass is 10.0. The fourth-order valence-electron chi connectivity index (χ4n) is 3.51. The topological polar surface area (TPSA) is 76.8 Å². The van der Waals surface area contributed by atoms with Gasteiger partial charge in [0, 0.05) is 25.0 Å². The Hall–Kier alpha value is -1.79. The Morgan fingerprint density at radius 1 is 1.04 bits per heavy atom. The van der Waals surface area contributed by atoms with Crippen LogP contribution in [0.25, 0.3) is 0 Å². The van der Waals surface area contributed by atoms with Gasteiger partial charge in [-0.15, -0.1) is 0 Å². The molecular formula is C19H24N2O3. The molecule has 2 heterocycles. The van der Waals surface area contributed by atoms with Gasteiger partial charge in [-0.2, -0.15) is 0 Å². The summed E-state index contributed by atoms with van der Waals surface area (Å²) in [6.45, 7) is 2.37. The van der Waals surface area contributed by atoms with E-state index < -0.39 is 18.2 Å². The van der Waals surface area contributed by atoms with E-state index in [0.29, 0.717) is 13.0 Å². The number of hydrogen-bond donors (Lipinski definition) is 3. The molecule has 1 aliphatic heterocycles. The summed E-state index contributed by atoms with van der Waals surface area (Å²) >= 11 is 0. The Morgan fingerprint density at radius 3 is 2.42 bits per heavy atom. The number of rotatable bonds is 5. The maximum absolute atomic E-state index is 10.5. The van der Waals surface area contributed by atoms with Crippen LogP contribution in [0.15, 0.2) is 48.8 Å². The van der Waals surface area contributed by atoms with Crippen LogP contribution in [0.5, 0.6) is 0 Å². The van der Waals surface area contributed by atoms with Crippen LogP contribution in [-0.4, -0.2) is 56.1 Å². The zero-order chi connectivity index (χ0) is 17.1. The first-order valence-corrected chi connectivity index (χ1v) is 8.28. The van der Waals surface area contributed by atoms with E-state index in [9.17, 15) is 15.3 Å². The van der Waals surface area contributed by atoms with Crippen molar-refractivity contribution in [1.29, 1.82) is 0 Å². The van der Waals surface area contributed by atoms with Gasteiger partial charge in [-0.1, -0.05) is 30.3 Å². The van der Waals surface area contributed by atoms with Gasteiger partial charge in [0.15, 0.2) is 0 Å². The molecule has 1 saturated heterocycles. The summed E-state index contributed by atoms with van der Waals surface area (Å²) in [4.78, 5) is 6.13. The summed E-state index contributed by atoms with van der Waals surface area (Å²) in [5.41, 5.74) is 3.25. The number of aryl methyl sites for hydroxylation is 1. The molecule has 0 spiro atoms. The van der Waals surface area contributed by atoms with Gasteiger partial charge < -0.3 is 15.3 Å². The SMILES string of the molecule is Cc1cnccc1CN1[C@H](CO)[C@@H](O)[C@@H](O)[C@@H]1Cc1ccccc1. The van der Waals surface area contributed by atoms with E-state index in [0.717, 1.165) is 16.7 Å². The molecule has 24 heavy (non-hydrogen) atoms. The highest BCUT2D eigenvalue weighted by Gasteiger charge is 2.46. The molecule has 128 valence electrons. The molecule has 5 nitrogen and oxygen atoms in total. The second kappa shape index (κ2) is 7.40. The fraction of sp³-hybridized carbons (Fsp3) is 0.421. The van der Waals surface area contributed by atoms with Crippen molar-refractivity contribution in [2.24, 2.45) is 0 Å².